The summed E-state index contributed by atoms with van der Waals surface area (Å²) in [6.45, 7) is 0.189. The molecule has 4 nitrogen and oxygen atoms in total. The second-order valence-electron chi connectivity index (χ2n) is 5.91. The fourth-order valence-electron chi connectivity index (χ4n) is 2.77. The van der Waals surface area contributed by atoms with Crippen molar-refractivity contribution < 1.29 is 22.9 Å². The van der Waals surface area contributed by atoms with Crippen LogP contribution in [0.3, 0.4) is 0 Å². The number of carbonyl (C=O) groups is 1. The average molecular weight is 351 g/mol. The van der Waals surface area contributed by atoms with E-state index in [2.05, 4.69) is 0 Å². The van der Waals surface area contributed by atoms with Gasteiger partial charge < -0.3 is 0 Å². The molecular weight excluding hydrogens is 335 g/mol. The maximum Gasteiger partial charge on any atom is 0.405 e. The number of ketones is 1. The Kier molecular flexibility index (Phi) is 5.25. The van der Waals surface area contributed by atoms with Crippen LogP contribution >= 0.6 is 0 Å². The van der Waals surface area contributed by atoms with Gasteiger partial charge in [0.25, 0.3) is 0 Å². The van der Waals surface area contributed by atoms with Crippen molar-refractivity contribution >= 4 is 5.78 Å². The van der Waals surface area contributed by atoms with Crippen LogP contribution in [-0.2, 0) is 5.41 Å². The summed E-state index contributed by atoms with van der Waals surface area (Å²) in [4.78, 5) is 22.4. The van der Waals surface area contributed by atoms with Gasteiger partial charge in [0, 0.05) is 16.9 Å². The van der Waals surface area contributed by atoms with Crippen molar-refractivity contribution in [3.8, 4) is 0 Å². The summed E-state index contributed by atoms with van der Waals surface area (Å²) in [5, 5.41) is 11.0. The smallest absolute Gasteiger partial charge is 0.294 e. The molecule has 0 amide bonds. The number of nitrogens with zero attached hydrogens (tertiary/aromatic N) is 1. The van der Waals surface area contributed by atoms with Crippen LogP contribution in [0.25, 0.3) is 0 Å². The number of rotatable bonds is 6. The minimum absolute atomic E-state index is 0.0899. The largest absolute Gasteiger partial charge is 0.405 e. The Hall–Kier alpha value is -2.70. The summed E-state index contributed by atoms with van der Waals surface area (Å²) >= 11 is 0. The third-order valence-corrected chi connectivity index (χ3v) is 4.07. The first-order chi connectivity index (χ1) is 11.7. The normalized spacial score (nSPS) is 13.9. The van der Waals surface area contributed by atoms with Crippen molar-refractivity contribution in [2.24, 2.45) is 0 Å². The fourth-order valence-corrected chi connectivity index (χ4v) is 2.77. The molecule has 2 rings (SSSR count). The topological polar surface area (TPSA) is 60.2 Å². The summed E-state index contributed by atoms with van der Waals surface area (Å²) in [5.74, 6) is -0.790. The van der Waals surface area contributed by atoms with Crippen LogP contribution < -0.4 is 0 Å². The van der Waals surface area contributed by atoms with E-state index in [0.29, 0.717) is 5.56 Å². The number of carbonyl (C=O) groups excluding carboxylic acids is 1. The van der Waals surface area contributed by atoms with Crippen LogP contribution in [-0.4, -0.2) is 23.4 Å². The van der Waals surface area contributed by atoms with Crippen LogP contribution in [0, 0.1) is 17.0 Å². The third kappa shape index (κ3) is 4.04. The highest BCUT2D eigenvalue weighted by atomic mass is 19.4. The van der Waals surface area contributed by atoms with Gasteiger partial charge in [0.1, 0.15) is 0 Å². The van der Waals surface area contributed by atoms with Crippen molar-refractivity contribution in [1.29, 1.82) is 0 Å². The lowest BCUT2D eigenvalue weighted by Gasteiger charge is -2.32. The molecule has 2 aromatic carbocycles. The number of halogens is 3. The maximum atomic E-state index is 14.0. The molecule has 0 N–H and O–H groups in total. The van der Waals surface area contributed by atoms with E-state index in [1.54, 1.807) is 19.1 Å². The Morgan fingerprint density at radius 3 is 2.24 bits per heavy atom. The van der Waals surface area contributed by atoms with E-state index < -0.39 is 35.3 Å². The van der Waals surface area contributed by atoms with Gasteiger partial charge in [0.05, 0.1) is 0 Å². The minimum atomic E-state index is -4.96. The van der Waals surface area contributed by atoms with Crippen molar-refractivity contribution in [1.82, 2.24) is 0 Å². The molecule has 0 aliphatic heterocycles. The zero-order valence-electron chi connectivity index (χ0n) is 13.4. The van der Waals surface area contributed by atoms with Gasteiger partial charge in [0.15, 0.2) is 11.2 Å². The predicted octanol–water partition coefficient (Wildman–Crippen LogP) is 4.34. The van der Waals surface area contributed by atoms with E-state index in [1.807, 2.05) is 0 Å². The van der Waals surface area contributed by atoms with Crippen LogP contribution in [0.5, 0.6) is 0 Å². The zero-order chi connectivity index (χ0) is 18.7. The summed E-state index contributed by atoms with van der Waals surface area (Å²) in [6, 6.07) is 12.9. The van der Waals surface area contributed by atoms with E-state index in [1.165, 1.54) is 42.5 Å². The number of nitro groups is 1. The molecule has 7 heteroatoms. The Morgan fingerprint density at radius 2 is 1.72 bits per heavy atom. The van der Waals surface area contributed by atoms with Crippen molar-refractivity contribution in [2.45, 2.75) is 24.9 Å². The molecule has 0 saturated carbocycles. The first-order valence-electron chi connectivity index (χ1n) is 7.50. The minimum Gasteiger partial charge on any atom is -0.294 e. The summed E-state index contributed by atoms with van der Waals surface area (Å²) in [7, 11) is 0. The number of alkyl halides is 3. The second kappa shape index (κ2) is 7.04. The van der Waals surface area contributed by atoms with Gasteiger partial charge in [-0.05, 0) is 12.5 Å². The number of hydrogen-bond acceptors (Lipinski definition) is 3. The number of aryl methyl sites for hydroxylation is 1. The molecule has 0 spiro atoms. The lowest BCUT2D eigenvalue weighted by atomic mass is 9.74. The molecule has 0 unspecified atom stereocenters. The van der Waals surface area contributed by atoms with E-state index in [4.69, 9.17) is 0 Å². The lowest BCUT2D eigenvalue weighted by Crippen LogP contribution is -2.49. The Labute approximate surface area is 142 Å². The van der Waals surface area contributed by atoms with Crippen LogP contribution in [0.15, 0.2) is 54.6 Å². The molecule has 25 heavy (non-hydrogen) atoms. The third-order valence-electron chi connectivity index (χ3n) is 4.07. The van der Waals surface area contributed by atoms with Crippen LogP contribution in [0.2, 0.25) is 0 Å². The predicted molar refractivity (Wildman–Crippen MR) is 86.2 cm³/mol. The number of benzene rings is 2. The first kappa shape index (κ1) is 18.6. The molecule has 1 atom stereocenters. The number of Topliss-reactive ketones (excluding diaryl/α,β-unsaturated/α-hetero) is 1. The average Bonchev–Trinajstić information content (AvgIpc) is 2.53. The van der Waals surface area contributed by atoms with E-state index in [9.17, 15) is 28.1 Å². The Morgan fingerprint density at radius 1 is 1.08 bits per heavy atom. The highest BCUT2D eigenvalue weighted by molar-refractivity contribution is 5.97. The highest BCUT2D eigenvalue weighted by Gasteiger charge is 2.60. The van der Waals surface area contributed by atoms with Crippen molar-refractivity contribution in [3.63, 3.8) is 0 Å². The standard InChI is InChI=1S/C18H16F3NO3/c1-13-6-5-9-15(10-13)17(12-22(24)25,18(19,20)21)11-16(23)14-7-3-2-4-8-14/h2-10H,11-12H2,1H3/t17-/m0/s1. The molecule has 132 valence electrons. The molecular formula is C18H16F3NO3. The van der Waals surface area contributed by atoms with Gasteiger partial charge in [-0.2, -0.15) is 13.2 Å². The van der Waals surface area contributed by atoms with Gasteiger partial charge in [-0.15, -0.1) is 0 Å². The number of hydrogen-bond donors (Lipinski definition) is 0. The molecule has 0 aliphatic carbocycles. The molecule has 2 aromatic rings. The lowest BCUT2D eigenvalue weighted by molar-refractivity contribution is -0.501. The molecule has 0 saturated heterocycles. The summed E-state index contributed by atoms with van der Waals surface area (Å²) < 4.78 is 41.9. The maximum absolute atomic E-state index is 14.0. The first-order valence-corrected chi connectivity index (χ1v) is 7.50. The summed E-state index contributed by atoms with van der Waals surface area (Å²) in [6.07, 6.45) is -5.98. The van der Waals surface area contributed by atoms with E-state index >= 15 is 0 Å². The van der Waals surface area contributed by atoms with Crippen LogP contribution in [0.1, 0.15) is 27.9 Å². The molecule has 0 bridgehead atoms. The van der Waals surface area contributed by atoms with Gasteiger partial charge in [-0.1, -0.05) is 60.2 Å². The van der Waals surface area contributed by atoms with Gasteiger partial charge in [-0.25, -0.2) is 0 Å². The second-order valence-corrected chi connectivity index (χ2v) is 5.91. The molecule has 0 radical (unpaired) electrons. The summed E-state index contributed by atoms with van der Waals surface area (Å²) in [5.41, 5.74) is -2.54. The quantitative estimate of drug-likeness (QED) is 0.442. The van der Waals surface area contributed by atoms with Crippen LogP contribution in [0.4, 0.5) is 13.2 Å². The van der Waals surface area contributed by atoms with Gasteiger partial charge >= 0.3 is 6.18 Å². The molecule has 0 fully saturated rings. The van der Waals surface area contributed by atoms with Crippen molar-refractivity contribution in [2.75, 3.05) is 6.54 Å². The molecule has 0 heterocycles. The van der Waals surface area contributed by atoms with Crippen molar-refractivity contribution in [3.05, 3.63) is 81.4 Å². The van der Waals surface area contributed by atoms with Gasteiger partial charge in [-0.3, -0.25) is 14.9 Å². The highest BCUT2D eigenvalue weighted by Crippen LogP contribution is 2.45. The fraction of sp³-hybridized carbons (Fsp3) is 0.278. The van der Waals surface area contributed by atoms with E-state index in [0.717, 1.165) is 0 Å². The Bertz CT molecular complexity index is 775. The monoisotopic (exact) mass is 351 g/mol. The van der Waals surface area contributed by atoms with E-state index in [-0.39, 0.29) is 11.1 Å². The molecule has 0 aliphatic rings. The molecule has 0 aromatic heterocycles. The Balaban J connectivity index is 2.58. The zero-order valence-corrected chi connectivity index (χ0v) is 13.4. The SMILES string of the molecule is Cc1cccc([C@](CC(=O)c2ccccc2)(C[N+](=O)[O-])C(F)(F)F)c1. The van der Waals surface area contributed by atoms with Gasteiger partial charge in [0.2, 0.25) is 6.54 Å².